The lowest BCUT2D eigenvalue weighted by Crippen LogP contribution is -2.29. The molecular formula is C14H21NO. The summed E-state index contributed by atoms with van der Waals surface area (Å²) in [4.78, 5) is 0. The average molecular weight is 219 g/mol. The Morgan fingerprint density at radius 2 is 1.88 bits per heavy atom. The molecule has 0 bridgehead atoms. The molecule has 0 amide bonds. The number of aliphatic hydroxyl groups excluding tert-OH is 1. The second-order valence-electron chi connectivity index (χ2n) is 4.80. The van der Waals surface area contributed by atoms with E-state index in [0.29, 0.717) is 6.04 Å². The van der Waals surface area contributed by atoms with Crippen molar-refractivity contribution >= 4 is 0 Å². The van der Waals surface area contributed by atoms with Crippen molar-refractivity contribution in [3.8, 4) is 0 Å². The molecule has 1 saturated carbocycles. The highest BCUT2D eigenvalue weighted by Gasteiger charge is 2.27. The number of hydrogen-bond donors (Lipinski definition) is 2. The normalized spacial score (nSPS) is 17.4. The summed E-state index contributed by atoms with van der Waals surface area (Å²) in [5.74, 6) is 0.928. The molecule has 2 N–H and O–H groups in total. The van der Waals surface area contributed by atoms with Crippen LogP contribution in [0.5, 0.6) is 0 Å². The van der Waals surface area contributed by atoms with Gasteiger partial charge in [0.2, 0.25) is 0 Å². The minimum absolute atomic E-state index is 0.136. The zero-order chi connectivity index (χ0) is 11.4. The minimum Gasteiger partial charge on any atom is -0.392 e. The summed E-state index contributed by atoms with van der Waals surface area (Å²) in [7, 11) is 0. The molecule has 16 heavy (non-hydrogen) atoms. The lowest BCUT2D eigenvalue weighted by molar-refractivity contribution is 0.282. The Morgan fingerprint density at radius 3 is 2.44 bits per heavy atom. The predicted octanol–water partition coefficient (Wildman–Crippen LogP) is 2.11. The first-order chi connectivity index (χ1) is 7.79. The Bertz CT molecular complexity index is 316. The molecule has 1 aromatic carbocycles. The molecule has 2 nitrogen and oxygen atoms in total. The molecule has 2 heteroatoms. The van der Waals surface area contributed by atoms with E-state index >= 15 is 0 Å². The maximum atomic E-state index is 8.93. The third kappa shape index (κ3) is 3.32. The minimum atomic E-state index is 0.136. The van der Waals surface area contributed by atoms with Gasteiger partial charge >= 0.3 is 0 Å². The van der Waals surface area contributed by atoms with Crippen molar-refractivity contribution in [3.05, 3.63) is 35.4 Å². The molecule has 0 spiro atoms. The highest BCUT2D eigenvalue weighted by molar-refractivity contribution is 5.22. The second-order valence-corrected chi connectivity index (χ2v) is 4.80. The highest BCUT2D eigenvalue weighted by Crippen LogP contribution is 2.32. The Balaban J connectivity index is 1.71. The summed E-state index contributed by atoms with van der Waals surface area (Å²) >= 11 is 0. The third-order valence-corrected chi connectivity index (χ3v) is 3.41. The van der Waals surface area contributed by atoms with Crippen LogP contribution in [0.25, 0.3) is 0 Å². The topological polar surface area (TPSA) is 32.3 Å². The van der Waals surface area contributed by atoms with Gasteiger partial charge in [-0.2, -0.15) is 0 Å². The fourth-order valence-corrected chi connectivity index (χ4v) is 2.02. The fraction of sp³-hybridized carbons (Fsp3) is 0.571. The lowest BCUT2D eigenvalue weighted by Gasteiger charge is -2.12. The average Bonchev–Trinajstić information content (AvgIpc) is 3.14. The van der Waals surface area contributed by atoms with E-state index in [2.05, 4.69) is 24.4 Å². The summed E-state index contributed by atoms with van der Waals surface area (Å²) in [6.07, 6.45) is 3.88. The molecule has 2 rings (SSSR count). The second kappa shape index (κ2) is 5.46. The smallest absolute Gasteiger partial charge is 0.0681 e. The van der Waals surface area contributed by atoms with E-state index in [1.54, 1.807) is 0 Å². The van der Waals surface area contributed by atoms with E-state index < -0.39 is 0 Å². The molecule has 0 radical (unpaired) electrons. The van der Waals surface area contributed by atoms with Crippen molar-refractivity contribution in [2.75, 3.05) is 6.54 Å². The predicted molar refractivity (Wildman–Crippen MR) is 66.3 cm³/mol. The standard InChI is InChI=1S/C14H21NO/c1-11(14-6-7-14)15-9-8-12-2-4-13(10-16)5-3-12/h2-5,11,14-16H,6-10H2,1H3. The molecule has 88 valence electrons. The summed E-state index contributed by atoms with van der Waals surface area (Å²) in [5.41, 5.74) is 2.33. The van der Waals surface area contributed by atoms with E-state index in [9.17, 15) is 0 Å². The van der Waals surface area contributed by atoms with Crippen molar-refractivity contribution in [1.29, 1.82) is 0 Å². The number of hydrogen-bond acceptors (Lipinski definition) is 2. The van der Waals surface area contributed by atoms with Gasteiger partial charge in [-0.3, -0.25) is 0 Å². The largest absolute Gasteiger partial charge is 0.392 e. The molecule has 0 aromatic heterocycles. The van der Waals surface area contributed by atoms with Gasteiger partial charge in [-0.1, -0.05) is 24.3 Å². The van der Waals surface area contributed by atoms with Crippen molar-refractivity contribution in [3.63, 3.8) is 0 Å². The van der Waals surface area contributed by atoms with E-state index in [0.717, 1.165) is 24.4 Å². The zero-order valence-electron chi connectivity index (χ0n) is 9.95. The summed E-state index contributed by atoms with van der Waals surface area (Å²) in [6.45, 7) is 3.47. The summed E-state index contributed by atoms with van der Waals surface area (Å²) < 4.78 is 0. The van der Waals surface area contributed by atoms with Crippen LogP contribution < -0.4 is 5.32 Å². The fourth-order valence-electron chi connectivity index (χ4n) is 2.02. The van der Waals surface area contributed by atoms with Crippen LogP contribution in [0.1, 0.15) is 30.9 Å². The molecule has 0 aliphatic heterocycles. The Morgan fingerprint density at radius 1 is 1.25 bits per heavy atom. The van der Waals surface area contributed by atoms with Crippen LogP contribution in [0.4, 0.5) is 0 Å². The summed E-state index contributed by atoms with van der Waals surface area (Å²) in [5, 5.41) is 12.5. The number of aliphatic hydroxyl groups is 1. The first-order valence-electron chi connectivity index (χ1n) is 6.21. The Hall–Kier alpha value is -0.860. The molecule has 1 unspecified atom stereocenters. The molecule has 1 aliphatic rings. The van der Waals surface area contributed by atoms with E-state index in [4.69, 9.17) is 5.11 Å². The Labute approximate surface area is 97.7 Å². The first-order valence-corrected chi connectivity index (χ1v) is 6.21. The van der Waals surface area contributed by atoms with Crippen LogP contribution in [0.2, 0.25) is 0 Å². The van der Waals surface area contributed by atoms with Crippen molar-refractivity contribution in [1.82, 2.24) is 5.32 Å². The monoisotopic (exact) mass is 219 g/mol. The molecule has 1 atom stereocenters. The Kier molecular flexibility index (Phi) is 3.97. The van der Waals surface area contributed by atoms with Gasteiger partial charge < -0.3 is 10.4 Å². The van der Waals surface area contributed by atoms with Crippen LogP contribution in [-0.4, -0.2) is 17.7 Å². The van der Waals surface area contributed by atoms with Crippen molar-refractivity contribution < 1.29 is 5.11 Å². The molecule has 1 fully saturated rings. The maximum absolute atomic E-state index is 8.93. The quantitative estimate of drug-likeness (QED) is 0.768. The molecule has 0 heterocycles. The molecule has 0 saturated heterocycles. The van der Waals surface area contributed by atoms with Gasteiger partial charge in [0.15, 0.2) is 0 Å². The molecular weight excluding hydrogens is 198 g/mol. The lowest BCUT2D eigenvalue weighted by atomic mass is 10.1. The van der Waals surface area contributed by atoms with Gasteiger partial charge in [0.05, 0.1) is 6.61 Å². The van der Waals surface area contributed by atoms with E-state index in [1.807, 2.05) is 12.1 Å². The number of benzene rings is 1. The van der Waals surface area contributed by atoms with Gasteiger partial charge in [0, 0.05) is 6.04 Å². The molecule has 1 aromatic rings. The number of rotatable bonds is 6. The van der Waals surface area contributed by atoms with Crippen molar-refractivity contribution in [2.45, 2.75) is 38.8 Å². The number of nitrogens with one attached hydrogen (secondary N) is 1. The van der Waals surface area contributed by atoms with Crippen LogP contribution in [0, 0.1) is 5.92 Å². The van der Waals surface area contributed by atoms with Crippen LogP contribution in [0.15, 0.2) is 24.3 Å². The van der Waals surface area contributed by atoms with Gasteiger partial charge in [0.25, 0.3) is 0 Å². The maximum Gasteiger partial charge on any atom is 0.0681 e. The first kappa shape index (κ1) is 11.6. The van der Waals surface area contributed by atoms with Crippen LogP contribution >= 0.6 is 0 Å². The van der Waals surface area contributed by atoms with Gasteiger partial charge in [-0.05, 0) is 49.8 Å². The van der Waals surface area contributed by atoms with E-state index in [1.165, 1.54) is 18.4 Å². The van der Waals surface area contributed by atoms with E-state index in [-0.39, 0.29) is 6.61 Å². The SMILES string of the molecule is CC(NCCc1ccc(CO)cc1)C1CC1. The third-order valence-electron chi connectivity index (χ3n) is 3.41. The molecule has 1 aliphatic carbocycles. The van der Waals surface area contributed by atoms with Gasteiger partial charge in [-0.25, -0.2) is 0 Å². The zero-order valence-corrected chi connectivity index (χ0v) is 9.95. The van der Waals surface area contributed by atoms with Gasteiger partial charge in [0.1, 0.15) is 0 Å². The van der Waals surface area contributed by atoms with Gasteiger partial charge in [-0.15, -0.1) is 0 Å². The highest BCUT2D eigenvalue weighted by atomic mass is 16.3. The van der Waals surface area contributed by atoms with Crippen LogP contribution in [-0.2, 0) is 13.0 Å². The van der Waals surface area contributed by atoms with Crippen LogP contribution in [0.3, 0.4) is 0 Å². The summed E-state index contributed by atoms with van der Waals surface area (Å²) in [6, 6.07) is 8.89. The van der Waals surface area contributed by atoms with Crippen molar-refractivity contribution in [2.24, 2.45) is 5.92 Å².